The molecule has 0 bridgehead atoms. The molecule has 10 heteroatoms. The maximum atomic E-state index is 13.9. The van der Waals surface area contributed by atoms with Gasteiger partial charge >= 0.3 is 12.5 Å². The van der Waals surface area contributed by atoms with Gasteiger partial charge in [0.25, 0.3) is 0 Å². The molecule has 2 atom stereocenters. The molecule has 3 aromatic carbocycles. The lowest BCUT2D eigenvalue weighted by Crippen LogP contribution is -2.36. The number of fused-ring (bicyclic) bond motifs is 3. The van der Waals surface area contributed by atoms with E-state index in [1.165, 1.54) is 0 Å². The van der Waals surface area contributed by atoms with Crippen LogP contribution in [0.1, 0.15) is 28.7 Å². The second-order valence-corrected chi connectivity index (χ2v) is 7.96. The van der Waals surface area contributed by atoms with Crippen LogP contribution >= 0.6 is 0 Å². The Balaban J connectivity index is 1.32. The summed E-state index contributed by atoms with van der Waals surface area (Å²) < 4.78 is 59.5. The number of amides is 1. The fraction of sp³-hybridized carbons (Fsp3) is 0.240. The minimum atomic E-state index is -5.08. The SMILES string of the molecule is O=C(NCC(O)C(O)c1ccc(OC(F)(F)F)c(F)c1)OCC1c2ccccc2-c2ccccc21. The van der Waals surface area contributed by atoms with Gasteiger partial charge in [0, 0.05) is 12.5 Å². The molecule has 1 aliphatic rings. The molecular formula is C25H21F4NO5. The van der Waals surface area contributed by atoms with Crippen molar-refractivity contribution in [3.8, 4) is 16.9 Å². The molecule has 3 N–H and O–H groups in total. The fourth-order valence-electron chi connectivity index (χ4n) is 4.08. The van der Waals surface area contributed by atoms with Crippen molar-refractivity contribution in [2.45, 2.75) is 24.5 Å². The summed E-state index contributed by atoms with van der Waals surface area (Å²) in [7, 11) is 0. The number of benzene rings is 3. The van der Waals surface area contributed by atoms with Crippen LogP contribution in [0.5, 0.6) is 5.75 Å². The zero-order valence-electron chi connectivity index (χ0n) is 18.1. The van der Waals surface area contributed by atoms with E-state index in [1.54, 1.807) is 0 Å². The molecule has 1 amide bonds. The maximum Gasteiger partial charge on any atom is 0.573 e. The normalized spacial score (nSPS) is 14.6. The molecule has 0 saturated heterocycles. The number of ether oxygens (including phenoxy) is 2. The Labute approximate surface area is 197 Å². The Bertz CT molecular complexity index is 1170. The van der Waals surface area contributed by atoms with Crippen LogP contribution in [0.4, 0.5) is 22.4 Å². The van der Waals surface area contributed by atoms with Crippen LogP contribution in [0, 0.1) is 5.82 Å². The molecule has 0 spiro atoms. The zero-order valence-corrected chi connectivity index (χ0v) is 18.1. The number of nitrogens with one attached hydrogen (secondary N) is 1. The van der Waals surface area contributed by atoms with Gasteiger partial charge in [0.05, 0.1) is 0 Å². The van der Waals surface area contributed by atoms with Gasteiger partial charge in [0.2, 0.25) is 0 Å². The topological polar surface area (TPSA) is 88.0 Å². The van der Waals surface area contributed by atoms with Crippen LogP contribution in [0.15, 0.2) is 66.7 Å². The third kappa shape index (κ3) is 5.55. The summed E-state index contributed by atoms with van der Waals surface area (Å²) in [6.45, 7) is -0.398. The summed E-state index contributed by atoms with van der Waals surface area (Å²) in [6.07, 6.45) is -9.17. The fourth-order valence-corrected chi connectivity index (χ4v) is 4.08. The molecule has 0 fully saturated rings. The van der Waals surface area contributed by atoms with E-state index in [0.29, 0.717) is 12.1 Å². The highest BCUT2D eigenvalue weighted by molar-refractivity contribution is 5.79. The van der Waals surface area contributed by atoms with Gasteiger partial charge in [-0.05, 0) is 39.9 Å². The first-order valence-corrected chi connectivity index (χ1v) is 10.6. The van der Waals surface area contributed by atoms with E-state index in [4.69, 9.17) is 4.74 Å². The number of aliphatic hydroxyl groups is 2. The number of halogens is 4. The summed E-state index contributed by atoms with van der Waals surface area (Å²) in [5.74, 6) is -2.60. The van der Waals surface area contributed by atoms with Gasteiger partial charge in [0.1, 0.15) is 18.8 Å². The summed E-state index contributed by atoms with van der Waals surface area (Å²) in [4.78, 5) is 12.2. The Morgan fingerprint density at radius 2 is 1.57 bits per heavy atom. The van der Waals surface area contributed by atoms with Crippen molar-refractivity contribution in [2.24, 2.45) is 0 Å². The monoisotopic (exact) mass is 491 g/mol. The Morgan fingerprint density at radius 3 is 2.14 bits per heavy atom. The highest BCUT2D eigenvalue weighted by Crippen LogP contribution is 2.44. The average Bonchev–Trinajstić information content (AvgIpc) is 3.15. The van der Waals surface area contributed by atoms with E-state index < -0.39 is 42.8 Å². The van der Waals surface area contributed by atoms with Crippen LogP contribution in [0.3, 0.4) is 0 Å². The molecule has 2 unspecified atom stereocenters. The molecule has 3 aromatic rings. The summed E-state index contributed by atoms with van der Waals surface area (Å²) in [6, 6.07) is 17.9. The molecule has 35 heavy (non-hydrogen) atoms. The Hall–Kier alpha value is -3.63. The number of rotatable bonds is 7. The second kappa shape index (κ2) is 9.93. The van der Waals surface area contributed by atoms with E-state index in [1.807, 2.05) is 48.5 Å². The Kier molecular flexibility index (Phi) is 6.95. The Morgan fingerprint density at radius 1 is 0.971 bits per heavy atom. The first-order valence-electron chi connectivity index (χ1n) is 10.6. The third-order valence-corrected chi connectivity index (χ3v) is 5.69. The highest BCUT2D eigenvalue weighted by Gasteiger charge is 2.33. The number of alkyl halides is 3. The predicted molar refractivity (Wildman–Crippen MR) is 117 cm³/mol. The van der Waals surface area contributed by atoms with Crippen LogP contribution < -0.4 is 10.1 Å². The van der Waals surface area contributed by atoms with Crippen molar-refractivity contribution >= 4 is 6.09 Å². The van der Waals surface area contributed by atoms with E-state index in [9.17, 15) is 32.6 Å². The van der Waals surface area contributed by atoms with Crippen LogP contribution in [0.25, 0.3) is 11.1 Å². The number of aliphatic hydroxyl groups excluding tert-OH is 2. The van der Waals surface area contributed by atoms with Crippen molar-refractivity contribution < 1.29 is 42.0 Å². The zero-order chi connectivity index (χ0) is 25.2. The van der Waals surface area contributed by atoms with Crippen LogP contribution in [-0.2, 0) is 4.74 Å². The molecule has 1 aliphatic carbocycles. The van der Waals surface area contributed by atoms with Gasteiger partial charge in [-0.15, -0.1) is 13.2 Å². The minimum Gasteiger partial charge on any atom is -0.449 e. The minimum absolute atomic E-state index is 0.0460. The van der Waals surface area contributed by atoms with Crippen molar-refractivity contribution in [3.05, 3.63) is 89.2 Å². The molecule has 184 valence electrons. The van der Waals surface area contributed by atoms with Crippen LogP contribution in [-0.4, -0.2) is 41.9 Å². The lowest BCUT2D eigenvalue weighted by atomic mass is 9.98. The number of hydrogen-bond acceptors (Lipinski definition) is 5. The number of hydrogen-bond donors (Lipinski definition) is 3. The van der Waals surface area contributed by atoms with E-state index >= 15 is 0 Å². The van der Waals surface area contributed by atoms with Crippen molar-refractivity contribution in [3.63, 3.8) is 0 Å². The van der Waals surface area contributed by atoms with Gasteiger partial charge in [-0.1, -0.05) is 54.6 Å². The molecular weight excluding hydrogens is 470 g/mol. The van der Waals surface area contributed by atoms with Gasteiger partial charge in [-0.25, -0.2) is 9.18 Å². The van der Waals surface area contributed by atoms with Crippen molar-refractivity contribution in [1.82, 2.24) is 5.32 Å². The number of carbonyl (C=O) groups excluding carboxylic acids is 1. The van der Waals surface area contributed by atoms with E-state index in [-0.39, 0.29) is 18.1 Å². The number of carbonyl (C=O) groups is 1. The molecule has 0 aliphatic heterocycles. The first-order chi connectivity index (χ1) is 16.6. The van der Waals surface area contributed by atoms with Crippen LogP contribution in [0.2, 0.25) is 0 Å². The van der Waals surface area contributed by atoms with Gasteiger partial charge in [-0.2, -0.15) is 0 Å². The van der Waals surface area contributed by atoms with E-state index in [2.05, 4.69) is 10.1 Å². The largest absolute Gasteiger partial charge is 0.573 e. The predicted octanol–water partition coefficient (Wildman–Crippen LogP) is 4.66. The highest BCUT2D eigenvalue weighted by atomic mass is 19.4. The molecule has 0 heterocycles. The molecule has 0 aromatic heterocycles. The van der Waals surface area contributed by atoms with Crippen molar-refractivity contribution in [2.75, 3.05) is 13.2 Å². The van der Waals surface area contributed by atoms with E-state index in [0.717, 1.165) is 28.3 Å². The number of alkyl carbamates (subject to hydrolysis) is 1. The third-order valence-electron chi connectivity index (χ3n) is 5.69. The summed E-state index contributed by atoms with van der Waals surface area (Å²) in [5, 5.41) is 22.7. The van der Waals surface area contributed by atoms with Gasteiger partial charge < -0.3 is 25.0 Å². The average molecular weight is 491 g/mol. The molecule has 0 radical (unpaired) electrons. The lowest BCUT2D eigenvalue weighted by molar-refractivity contribution is -0.275. The first kappa shape index (κ1) is 24.5. The summed E-state index contributed by atoms with van der Waals surface area (Å²) >= 11 is 0. The summed E-state index contributed by atoms with van der Waals surface area (Å²) in [5.41, 5.74) is 3.98. The smallest absolute Gasteiger partial charge is 0.449 e. The van der Waals surface area contributed by atoms with Gasteiger partial charge in [-0.3, -0.25) is 0 Å². The standard InChI is InChI=1S/C25H21F4NO5/c26-20-11-14(9-10-22(20)35-25(27,28)29)23(32)21(31)12-30-24(33)34-13-19-17-7-3-1-5-15(17)16-6-2-4-8-18(16)19/h1-11,19,21,23,31-32H,12-13H2,(H,30,33). The maximum absolute atomic E-state index is 13.9. The second-order valence-electron chi connectivity index (χ2n) is 7.96. The van der Waals surface area contributed by atoms with Crippen molar-refractivity contribution in [1.29, 1.82) is 0 Å². The molecule has 6 nitrogen and oxygen atoms in total. The quantitative estimate of drug-likeness (QED) is 0.419. The molecule has 4 rings (SSSR count). The van der Waals surface area contributed by atoms with Gasteiger partial charge in [0.15, 0.2) is 11.6 Å². The lowest BCUT2D eigenvalue weighted by Gasteiger charge is -2.20. The molecule has 0 saturated carbocycles.